The molecule has 0 rings (SSSR count). The van der Waals surface area contributed by atoms with E-state index in [0.29, 0.717) is 0 Å². The van der Waals surface area contributed by atoms with Crippen molar-refractivity contribution < 1.29 is 18.3 Å². The number of alkyl halides is 5. The van der Waals surface area contributed by atoms with E-state index in [1.54, 1.807) is 13.8 Å². The Balaban J connectivity index is 4.85. The van der Waals surface area contributed by atoms with Gasteiger partial charge >= 0.3 is 6.18 Å². The Morgan fingerprint density at radius 2 is 1.69 bits per heavy atom. The topological polar surface area (TPSA) is 20.2 Å². The van der Waals surface area contributed by atoms with Crippen LogP contribution in [0, 0.1) is 5.92 Å². The van der Waals surface area contributed by atoms with Crippen LogP contribution >= 0.6 is 23.2 Å². The Hall–Kier alpha value is -0.0900. The third-order valence-electron chi connectivity index (χ3n) is 1.17. The van der Waals surface area contributed by atoms with Crippen LogP contribution in [-0.4, -0.2) is 15.6 Å². The fraction of sp³-hybridized carbons (Fsp3) is 0.714. The molecular formula is C7H9Cl2F3O. The molecule has 0 saturated heterocycles. The normalized spacial score (nSPS) is 15.2. The van der Waals surface area contributed by atoms with E-state index >= 15 is 0 Å². The van der Waals surface area contributed by atoms with Crippen molar-refractivity contribution in [3.8, 4) is 0 Å². The van der Waals surface area contributed by atoms with Crippen LogP contribution in [0.15, 0.2) is 11.8 Å². The van der Waals surface area contributed by atoms with Crippen molar-refractivity contribution in [3.05, 3.63) is 11.8 Å². The maximum Gasteiger partial charge on any atom is 0.428 e. The molecule has 0 amide bonds. The number of hydrogen-bond acceptors (Lipinski definition) is 1. The minimum Gasteiger partial charge on any atom is -0.509 e. The molecule has 0 unspecified atom stereocenters. The first-order valence-electron chi connectivity index (χ1n) is 3.45. The van der Waals surface area contributed by atoms with E-state index in [2.05, 4.69) is 0 Å². The first-order chi connectivity index (χ1) is 5.59. The van der Waals surface area contributed by atoms with Gasteiger partial charge in [0, 0.05) is 0 Å². The molecule has 0 spiro atoms. The Morgan fingerprint density at radius 3 is 1.92 bits per heavy atom. The second-order valence-electron chi connectivity index (χ2n) is 2.87. The third-order valence-corrected chi connectivity index (χ3v) is 1.98. The molecule has 0 aliphatic heterocycles. The monoisotopic (exact) mass is 236 g/mol. The van der Waals surface area contributed by atoms with Crippen LogP contribution in [0.1, 0.15) is 13.8 Å². The van der Waals surface area contributed by atoms with Crippen molar-refractivity contribution in [1.29, 1.82) is 0 Å². The number of rotatable bonds is 2. The molecule has 0 aromatic rings. The van der Waals surface area contributed by atoms with Gasteiger partial charge < -0.3 is 5.11 Å². The number of allylic oxidation sites excluding steroid dienone is 2. The van der Waals surface area contributed by atoms with Gasteiger partial charge in [0.25, 0.3) is 4.33 Å². The molecular weight excluding hydrogens is 228 g/mol. The van der Waals surface area contributed by atoms with Crippen molar-refractivity contribution in [2.75, 3.05) is 0 Å². The van der Waals surface area contributed by atoms with Crippen molar-refractivity contribution in [2.45, 2.75) is 24.4 Å². The molecule has 1 N–H and O–H groups in total. The summed E-state index contributed by atoms with van der Waals surface area (Å²) in [6.45, 7) is 3.19. The largest absolute Gasteiger partial charge is 0.509 e. The van der Waals surface area contributed by atoms with Crippen LogP contribution < -0.4 is 0 Å². The second-order valence-corrected chi connectivity index (χ2v) is 4.20. The Kier molecular flexibility index (Phi) is 3.94. The lowest BCUT2D eigenvalue weighted by atomic mass is 10.1. The van der Waals surface area contributed by atoms with Crippen LogP contribution in [-0.2, 0) is 0 Å². The summed E-state index contributed by atoms with van der Waals surface area (Å²) in [6.07, 6.45) is -3.93. The Morgan fingerprint density at radius 1 is 1.31 bits per heavy atom. The van der Waals surface area contributed by atoms with Gasteiger partial charge in [0.2, 0.25) is 0 Å². The Labute approximate surface area is 84.1 Å². The Bertz CT molecular complexity index is 208. The molecule has 0 aromatic carbocycles. The van der Waals surface area contributed by atoms with Gasteiger partial charge in [-0.2, -0.15) is 13.2 Å². The quantitative estimate of drug-likeness (QED) is 0.571. The highest BCUT2D eigenvalue weighted by atomic mass is 35.5. The molecule has 0 aliphatic rings. The summed E-state index contributed by atoms with van der Waals surface area (Å²) in [6, 6.07) is 0. The van der Waals surface area contributed by atoms with Gasteiger partial charge in [0.15, 0.2) is 0 Å². The summed E-state index contributed by atoms with van der Waals surface area (Å²) in [5.41, 5.74) is 0. The highest BCUT2D eigenvalue weighted by Gasteiger charge is 2.56. The molecule has 0 atom stereocenters. The smallest absolute Gasteiger partial charge is 0.428 e. The van der Waals surface area contributed by atoms with Gasteiger partial charge in [0.05, 0.1) is 0 Å². The fourth-order valence-electron chi connectivity index (χ4n) is 0.566. The van der Waals surface area contributed by atoms with E-state index in [1.165, 1.54) is 0 Å². The molecule has 78 valence electrons. The molecule has 1 nitrogen and oxygen atoms in total. The SMILES string of the molecule is CC(C)C=C(O)C(Cl)(Cl)C(F)(F)F. The maximum absolute atomic E-state index is 12.1. The van der Waals surface area contributed by atoms with Crippen molar-refractivity contribution >= 4 is 23.2 Å². The molecule has 0 bridgehead atoms. The summed E-state index contributed by atoms with van der Waals surface area (Å²) in [7, 11) is 0. The number of aliphatic hydroxyl groups excluding tert-OH is 1. The zero-order chi connectivity index (χ0) is 10.9. The summed E-state index contributed by atoms with van der Waals surface area (Å²) in [5.74, 6) is -1.35. The van der Waals surface area contributed by atoms with Crippen molar-refractivity contribution in [1.82, 2.24) is 0 Å². The van der Waals surface area contributed by atoms with Crippen molar-refractivity contribution in [2.24, 2.45) is 5.92 Å². The van der Waals surface area contributed by atoms with Crippen LogP contribution in [0.4, 0.5) is 13.2 Å². The zero-order valence-electron chi connectivity index (χ0n) is 6.99. The maximum atomic E-state index is 12.1. The zero-order valence-corrected chi connectivity index (χ0v) is 8.50. The minimum atomic E-state index is -4.88. The number of halogens is 5. The molecule has 0 fully saturated rings. The van der Waals surface area contributed by atoms with E-state index in [0.717, 1.165) is 6.08 Å². The van der Waals surface area contributed by atoms with Gasteiger partial charge in [-0.1, -0.05) is 37.0 Å². The van der Waals surface area contributed by atoms with E-state index < -0.39 is 16.3 Å². The van der Waals surface area contributed by atoms with Gasteiger partial charge in [-0.15, -0.1) is 0 Å². The molecule has 0 heterocycles. The van der Waals surface area contributed by atoms with E-state index in [4.69, 9.17) is 28.3 Å². The molecule has 0 saturated carbocycles. The first kappa shape index (κ1) is 12.9. The molecule has 13 heavy (non-hydrogen) atoms. The molecule has 6 heteroatoms. The lowest BCUT2D eigenvalue weighted by molar-refractivity contribution is -0.139. The van der Waals surface area contributed by atoms with Gasteiger partial charge in [-0.05, 0) is 12.0 Å². The lowest BCUT2D eigenvalue weighted by Crippen LogP contribution is -2.36. The van der Waals surface area contributed by atoms with E-state index in [1.807, 2.05) is 0 Å². The highest BCUT2D eigenvalue weighted by molar-refractivity contribution is 6.50. The van der Waals surface area contributed by atoms with Crippen LogP contribution in [0.3, 0.4) is 0 Å². The standard InChI is InChI=1S/C7H9Cl2F3O/c1-4(2)3-5(13)6(8,9)7(10,11)12/h3-4,13H,1-2H3. The van der Waals surface area contributed by atoms with Gasteiger partial charge in [-0.3, -0.25) is 0 Å². The summed E-state index contributed by atoms with van der Waals surface area (Å²) in [5, 5.41) is 8.96. The number of aliphatic hydroxyl groups is 1. The number of hydrogen-bond donors (Lipinski definition) is 1. The van der Waals surface area contributed by atoms with Gasteiger partial charge in [0.1, 0.15) is 5.76 Å². The molecule has 0 aromatic heterocycles. The average Bonchev–Trinajstić information content (AvgIpc) is 1.82. The van der Waals surface area contributed by atoms with Crippen LogP contribution in [0.25, 0.3) is 0 Å². The van der Waals surface area contributed by atoms with Gasteiger partial charge in [-0.25, -0.2) is 0 Å². The van der Waals surface area contributed by atoms with Crippen molar-refractivity contribution in [3.63, 3.8) is 0 Å². The van der Waals surface area contributed by atoms with E-state index in [9.17, 15) is 13.2 Å². The molecule has 0 radical (unpaired) electrons. The predicted octanol–water partition coefficient (Wildman–Crippen LogP) is 3.82. The lowest BCUT2D eigenvalue weighted by Gasteiger charge is -2.22. The summed E-state index contributed by atoms with van der Waals surface area (Å²) >= 11 is 9.86. The highest BCUT2D eigenvalue weighted by Crippen LogP contribution is 2.44. The van der Waals surface area contributed by atoms with E-state index in [-0.39, 0.29) is 5.92 Å². The summed E-state index contributed by atoms with van der Waals surface area (Å²) < 4.78 is 33.0. The minimum absolute atomic E-state index is 0.265. The predicted molar refractivity (Wildman–Crippen MR) is 46.0 cm³/mol. The fourth-order valence-corrected chi connectivity index (χ4v) is 0.692. The molecule has 0 aliphatic carbocycles. The van der Waals surface area contributed by atoms with Crippen LogP contribution in [0.5, 0.6) is 0 Å². The third kappa shape index (κ3) is 3.27. The average molecular weight is 237 g/mol. The summed E-state index contributed by atoms with van der Waals surface area (Å²) in [4.78, 5) is 0. The second kappa shape index (κ2) is 3.96. The first-order valence-corrected chi connectivity index (χ1v) is 4.20. The van der Waals surface area contributed by atoms with Crippen LogP contribution in [0.2, 0.25) is 0 Å².